The monoisotopic (exact) mass is 360 g/mol. The highest BCUT2D eigenvalue weighted by molar-refractivity contribution is 5.90. The van der Waals surface area contributed by atoms with Crippen LogP contribution < -0.4 is 0 Å². The fraction of sp³-hybridized carbons (Fsp3) is 0.412. The highest BCUT2D eigenvalue weighted by atomic mass is 19.2. The molecule has 1 unspecified atom stereocenters. The Morgan fingerprint density at radius 2 is 1.68 bits per heavy atom. The van der Waals surface area contributed by atoms with E-state index >= 15 is 0 Å². The van der Waals surface area contributed by atoms with Gasteiger partial charge in [0.1, 0.15) is 6.61 Å². The molecule has 2 rings (SSSR count). The molecular formula is C17H16F4O4. The summed E-state index contributed by atoms with van der Waals surface area (Å²) in [5, 5.41) is 8.96. The van der Waals surface area contributed by atoms with E-state index in [0.29, 0.717) is 0 Å². The molecule has 1 aliphatic carbocycles. The molecule has 25 heavy (non-hydrogen) atoms. The van der Waals surface area contributed by atoms with Crippen molar-refractivity contribution in [1.82, 2.24) is 0 Å². The van der Waals surface area contributed by atoms with Crippen LogP contribution in [0.1, 0.15) is 32.8 Å². The van der Waals surface area contributed by atoms with Gasteiger partial charge in [-0.15, -0.1) is 0 Å². The Balaban J connectivity index is 2.26. The van der Waals surface area contributed by atoms with Gasteiger partial charge in [0, 0.05) is 11.6 Å². The van der Waals surface area contributed by atoms with Crippen LogP contribution in [0, 0.1) is 34.1 Å². The largest absolute Gasteiger partial charge is 0.478 e. The predicted molar refractivity (Wildman–Crippen MR) is 78.3 cm³/mol. The smallest absolute Gasteiger partial charge is 0.330 e. The van der Waals surface area contributed by atoms with Gasteiger partial charge in [-0.3, -0.25) is 4.79 Å². The van der Waals surface area contributed by atoms with Crippen molar-refractivity contribution in [2.45, 2.75) is 33.8 Å². The molecule has 1 aromatic rings. The van der Waals surface area contributed by atoms with Crippen molar-refractivity contribution < 1.29 is 37.0 Å². The number of carbonyl (C=O) groups excluding carboxylic acids is 1. The van der Waals surface area contributed by atoms with Crippen LogP contribution in [-0.4, -0.2) is 17.0 Å². The van der Waals surface area contributed by atoms with Gasteiger partial charge in [0.25, 0.3) is 0 Å². The first-order valence-corrected chi connectivity index (χ1v) is 7.35. The summed E-state index contributed by atoms with van der Waals surface area (Å²) in [5.41, 5.74) is -3.02. The van der Waals surface area contributed by atoms with Crippen molar-refractivity contribution >= 4 is 11.9 Å². The van der Waals surface area contributed by atoms with Gasteiger partial charge < -0.3 is 9.84 Å². The Hall–Kier alpha value is -2.38. The molecule has 0 amide bonds. The fourth-order valence-corrected chi connectivity index (χ4v) is 2.75. The van der Waals surface area contributed by atoms with Crippen LogP contribution in [0.3, 0.4) is 0 Å². The van der Waals surface area contributed by atoms with Crippen molar-refractivity contribution in [3.05, 3.63) is 46.5 Å². The summed E-state index contributed by atoms with van der Waals surface area (Å²) < 4.78 is 58.4. The van der Waals surface area contributed by atoms with Crippen LogP contribution in [0.2, 0.25) is 0 Å². The number of hydrogen-bond acceptors (Lipinski definition) is 3. The normalized spacial score (nSPS) is 21.8. The van der Waals surface area contributed by atoms with Gasteiger partial charge in [0.05, 0.1) is 11.0 Å². The second kappa shape index (κ2) is 6.16. The molecule has 4 nitrogen and oxygen atoms in total. The summed E-state index contributed by atoms with van der Waals surface area (Å²) in [7, 11) is 0. The molecule has 136 valence electrons. The Kier molecular flexibility index (Phi) is 4.67. The summed E-state index contributed by atoms with van der Waals surface area (Å²) in [4.78, 5) is 23.4. The van der Waals surface area contributed by atoms with Crippen LogP contribution in [0.25, 0.3) is 0 Å². The van der Waals surface area contributed by atoms with Gasteiger partial charge in [-0.1, -0.05) is 19.9 Å². The van der Waals surface area contributed by atoms with Crippen molar-refractivity contribution in [2.24, 2.45) is 10.8 Å². The summed E-state index contributed by atoms with van der Waals surface area (Å²) in [6.07, 6.45) is 1.50. The molecule has 1 atom stereocenters. The molecule has 0 aliphatic heterocycles. The average Bonchev–Trinajstić information content (AvgIpc) is 3.07. The lowest BCUT2D eigenvalue weighted by Gasteiger charge is -2.17. The van der Waals surface area contributed by atoms with Gasteiger partial charge in [-0.2, -0.15) is 0 Å². The van der Waals surface area contributed by atoms with E-state index in [2.05, 4.69) is 0 Å². The molecule has 1 N–H and O–H groups in total. The van der Waals surface area contributed by atoms with E-state index in [-0.39, 0.29) is 18.1 Å². The number of ether oxygens (including phenoxy) is 1. The number of aliphatic carboxylic acids is 1. The van der Waals surface area contributed by atoms with Gasteiger partial charge in [0.2, 0.25) is 0 Å². The van der Waals surface area contributed by atoms with Crippen molar-refractivity contribution in [3.8, 4) is 0 Å². The number of carboxylic acids is 1. The number of carbonyl (C=O) groups is 2. The van der Waals surface area contributed by atoms with E-state index in [4.69, 9.17) is 9.84 Å². The van der Waals surface area contributed by atoms with Crippen LogP contribution >= 0.6 is 0 Å². The SMILES string of the molecule is C/C(=C\C1(C(=O)OCc2c(F)c(F)cc(F)c2F)CC1(C)C)C(=O)O. The molecule has 1 aliphatic rings. The molecule has 1 saturated carbocycles. The first-order valence-electron chi connectivity index (χ1n) is 7.35. The van der Waals surface area contributed by atoms with Gasteiger partial charge in [0.15, 0.2) is 23.3 Å². The van der Waals surface area contributed by atoms with Crippen LogP contribution in [0.15, 0.2) is 17.7 Å². The molecule has 0 saturated heterocycles. The topological polar surface area (TPSA) is 63.6 Å². The van der Waals surface area contributed by atoms with Crippen LogP contribution in [0.4, 0.5) is 17.6 Å². The minimum absolute atomic E-state index is 0.0560. The van der Waals surface area contributed by atoms with E-state index in [9.17, 15) is 27.2 Å². The summed E-state index contributed by atoms with van der Waals surface area (Å²) in [6, 6.07) is 0.0560. The first-order chi connectivity index (χ1) is 11.4. The minimum atomic E-state index is -1.65. The van der Waals surface area contributed by atoms with E-state index < -0.39 is 58.2 Å². The highest BCUT2D eigenvalue weighted by Crippen LogP contribution is 2.65. The summed E-state index contributed by atoms with van der Waals surface area (Å²) >= 11 is 0. The Morgan fingerprint density at radius 3 is 2.08 bits per heavy atom. The number of esters is 1. The molecule has 8 heteroatoms. The van der Waals surface area contributed by atoms with Gasteiger partial charge in [-0.25, -0.2) is 22.4 Å². The third kappa shape index (κ3) is 3.25. The summed E-state index contributed by atoms with van der Waals surface area (Å²) in [6.45, 7) is 3.68. The molecule has 0 aromatic heterocycles. The van der Waals surface area contributed by atoms with Crippen LogP contribution in [0.5, 0.6) is 0 Å². The van der Waals surface area contributed by atoms with E-state index in [1.807, 2.05) is 0 Å². The lowest BCUT2D eigenvalue weighted by atomic mass is 9.93. The zero-order valence-corrected chi connectivity index (χ0v) is 13.8. The Labute approximate surface area is 141 Å². The molecule has 0 spiro atoms. The number of carboxylic acid groups (broad SMARTS) is 1. The zero-order valence-electron chi connectivity index (χ0n) is 13.8. The van der Waals surface area contributed by atoms with Gasteiger partial charge >= 0.3 is 11.9 Å². The molecule has 1 fully saturated rings. The molecule has 0 heterocycles. The standard InChI is InChI=1S/C17H16F4O4/c1-8(14(22)23)5-17(7-16(17,2)3)15(24)25-6-9-12(20)10(18)4-11(19)13(9)21/h4-5H,6-7H2,1-3H3,(H,22,23)/b8-5+. The quantitative estimate of drug-likeness (QED) is 0.376. The van der Waals surface area contributed by atoms with Crippen molar-refractivity contribution in [2.75, 3.05) is 0 Å². The van der Waals surface area contributed by atoms with Crippen LogP contribution in [-0.2, 0) is 20.9 Å². The number of hydrogen-bond donors (Lipinski definition) is 1. The molecular weight excluding hydrogens is 344 g/mol. The lowest BCUT2D eigenvalue weighted by molar-refractivity contribution is -0.151. The maximum Gasteiger partial charge on any atom is 0.330 e. The number of rotatable bonds is 5. The average molecular weight is 360 g/mol. The van der Waals surface area contributed by atoms with Crippen molar-refractivity contribution in [1.29, 1.82) is 0 Å². The maximum absolute atomic E-state index is 13.6. The zero-order chi connectivity index (χ0) is 19.2. The summed E-state index contributed by atoms with van der Waals surface area (Å²) in [5.74, 6) is -8.64. The number of benzene rings is 1. The molecule has 1 aromatic carbocycles. The Bertz CT molecular complexity index is 759. The van der Waals surface area contributed by atoms with E-state index in [0.717, 1.165) is 0 Å². The lowest BCUT2D eigenvalue weighted by Crippen LogP contribution is -2.23. The van der Waals surface area contributed by atoms with E-state index in [1.165, 1.54) is 13.0 Å². The third-order valence-corrected chi connectivity index (χ3v) is 4.52. The second-order valence-electron chi connectivity index (χ2n) is 6.69. The molecule has 0 bridgehead atoms. The van der Waals surface area contributed by atoms with Gasteiger partial charge in [-0.05, 0) is 18.8 Å². The first kappa shape index (κ1) is 19.0. The van der Waals surface area contributed by atoms with E-state index in [1.54, 1.807) is 13.8 Å². The minimum Gasteiger partial charge on any atom is -0.478 e. The highest BCUT2D eigenvalue weighted by Gasteiger charge is 2.66. The Morgan fingerprint density at radius 1 is 1.20 bits per heavy atom. The van der Waals surface area contributed by atoms with Crippen molar-refractivity contribution in [3.63, 3.8) is 0 Å². The predicted octanol–water partition coefficient (Wildman–Crippen LogP) is 3.73. The number of halogens is 4. The molecule has 0 radical (unpaired) electrons. The third-order valence-electron chi connectivity index (χ3n) is 4.52. The maximum atomic E-state index is 13.6. The second-order valence-corrected chi connectivity index (χ2v) is 6.69. The fourth-order valence-electron chi connectivity index (χ4n) is 2.75.